The number of carbonyl (C=O) groups is 1. The molecule has 5 aromatic rings. The maximum absolute atomic E-state index is 13.7. The summed E-state index contributed by atoms with van der Waals surface area (Å²) in [5.74, 6) is 0.452. The summed E-state index contributed by atoms with van der Waals surface area (Å²) in [7, 11) is 1.73. The molecule has 1 fully saturated rings. The molecule has 45 heavy (non-hydrogen) atoms. The maximum atomic E-state index is 13.7. The molecule has 3 N–H and O–H groups in total. The number of urea groups is 1. The zero-order valence-corrected chi connectivity index (χ0v) is 24.9. The summed E-state index contributed by atoms with van der Waals surface area (Å²) in [5, 5.41) is 22.9. The van der Waals surface area contributed by atoms with Crippen LogP contribution in [0.5, 0.6) is 0 Å². The van der Waals surface area contributed by atoms with Crippen LogP contribution in [0.15, 0.2) is 96.2 Å². The van der Waals surface area contributed by atoms with Crippen molar-refractivity contribution in [1.82, 2.24) is 30.0 Å². The van der Waals surface area contributed by atoms with Gasteiger partial charge in [-0.1, -0.05) is 42.5 Å². The maximum Gasteiger partial charge on any atom is 0.322 e. The number of nitrogens with one attached hydrogen (secondary N) is 3. The van der Waals surface area contributed by atoms with Crippen molar-refractivity contribution in [3.63, 3.8) is 0 Å². The Morgan fingerprint density at radius 1 is 1.02 bits per heavy atom. The molecular weight excluding hydrogens is 566 g/mol. The number of amides is 2. The fourth-order valence-corrected chi connectivity index (χ4v) is 5.72. The number of H-pyrrole nitrogens is 1. The smallest absolute Gasteiger partial charge is 0.322 e. The molecule has 11 nitrogen and oxygen atoms in total. The van der Waals surface area contributed by atoms with Gasteiger partial charge in [-0.25, -0.2) is 14.8 Å². The van der Waals surface area contributed by atoms with E-state index in [1.807, 2.05) is 71.8 Å². The van der Waals surface area contributed by atoms with Gasteiger partial charge < -0.3 is 15.2 Å². The van der Waals surface area contributed by atoms with Gasteiger partial charge in [0, 0.05) is 49.8 Å². The Balaban J connectivity index is 1.18. The van der Waals surface area contributed by atoms with Gasteiger partial charge in [-0.3, -0.25) is 14.8 Å². The van der Waals surface area contributed by atoms with E-state index < -0.39 is 0 Å². The molecule has 0 spiro atoms. The number of anilines is 2. The van der Waals surface area contributed by atoms with Crippen LogP contribution >= 0.6 is 0 Å². The van der Waals surface area contributed by atoms with Gasteiger partial charge in [-0.05, 0) is 66.6 Å². The quantitative estimate of drug-likeness (QED) is 0.221. The normalized spacial score (nSPS) is 16.0. The van der Waals surface area contributed by atoms with Gasteiger partial charge in [0.25, 0.3) is 0 Å². The molecular formula is C34H33N9O2. The van der Waals surface area contributed by atoms with E-state index in [-0.39, 0.29) is 23.7 Å². The second kappa shape index (κ2) is 13.3. The van der Waals surface area contributed by atoms with Crippen molar-refractivity contribution < 1.29 is 4.79 Å². The number of hydrogen-bond acceptors (Lipinski definition) is 7. The van der Waals surface area contributed by atoms with Crippen LogP contribution in [0.1, 0.15) is 36.8 Å². The molecule has 0 unspecified atom stereocenters. The Bertz CT molecular complexity index is 1850. The average molecular weight is 600 g/mol. The lowest BCUT2D eigenvalue weighted by Crippen LogP contribution is -2.48. The van der Waals surface area contributed by atoms with Gasteiger partial charge in [0.05, 0.1) is 17.5 Å². The van der Waals surface area contributed by atoms with E-state index in [4.69, 9.17) is 0 Å². The number of aromatic amines is 1. The molecule has 0 aliphatic heterocycles. The third kappa shape index (κ3) is 6.75. The van der Waals surface area contributed by atoms with Crippen LogP contribution in [-0.2, 0) is 13.6 Å². The lowest BCUT2D eigenvalue weighted by atomic mass is 9.90. The third-order valence-corrected chi connectivity index (χ3v) is 8.13. The molecule has 11 heteroatoms. The second-order valence-corrected chi connectivity index (χ2v) is 11.1. The van der Waals surface area contributed by atoms with Crippen molar-refractivity contribution in [3.05, 3.63) is 113 Å². The molecule has 0 radical (unpaired) electrons. The van der Waals surface area contributed by atoms with Crippen LogP contribution in [0, 0.1) is 11.3 Å². The summed E-state index contributed by atoms with van der Waals surface area (Å²) >= 11 is 0. The lowest BCUT2D eigenvalue weighted by molar-refractivity contribution is 0.240. The number of pyridine rings is 1. The third-order valence-electron chi connectivity index (χ3n) is 8.13. The summed E-state index contributed by atoms with van der Waals surface area (Å²) in [5.41, 5.74) is 5.19. The molecule has 2 amide bonds. The van der Waals surface area contributed by atoms with Crippen molar-refractivity contribution in [1.29, 1.82) is 5.26 Å². The Morgan fingerprint density at radius 2 is 1.78 bits per heavy atom. The average Bonchev–Trinajstić information content (AvgIpc) is 3.62. The summed E-state index contributed by atoms with van der Waals surface area (Å²) < 4.78 is 1.56. The Morgan fingerprint density at radius 3 is 2.47 bits per heavy atom. The number of aryl methyl sites for hydroxylation is 1. The van der Waals surface area contributed by atoms with Crippen molar-refractivity contribution in [2.24, 2.45) is 7.05 Å². The first-order valence-corrected chi connectivity index (χ1v) is 14.9. The fraction of sp³-hybridized carbons (Fsp3) is 0.235. The number of aromatic nitrogens is 5. The number of carbonyl (C=O) groups excluding carboxylic acids is 1. The first-order valence-electron chi connectivity index (χ1n) is 14.9. The minimum atomic E-state index is -0.148. The number of benzene rings is 2. The molecule has 0 atom stereocenters. The van der Waals surface area contributed by atoms with Crippen LogP contribution in [0.3, 0.4) is 0 Å². The summed E-state index contributed by atoms with van der Waals surface area (Å²) in [6, 6.07) is 25.0. The number of nitriles is 1. The van der Waals surface area contributed by atoms with Gasteiger partial charge >= 0.3 is 6.03 Å². The predicted octanol–water partition coefficient (Wildman–Crippen LogP) is 5.24. The van der Waals surface area contributed by atoms with Crippen molar-refractivity contribution in [3.8, 4) is 28.6 Å². The monoisotopic (exact) mass is 599 g/mol. The Kier molecular flexibility index (Phi) is 8.64. The summed E-state index contributed by atoms with van der Waals surface area (Å²) in [4.78, 5) is 36.4. The fourth-order valence-electron chi connectivity index (χ4n) is 5.72. The molecule has 1 aliphatic carbocycles. The summed E-state index contributed by atoms with van der Waals surface area (Å²) in [6.45, 7) is 0.428. The van der Waals surface area contributed by atoms with E-state index in [1.54, 1.807) is 29.9 Å². The zero-order chi connectivity index (χ0) is 31.2. The number of hydrogen-bond donors (Lipinski definition) is 3. The highest BCUT2D eigenvalue weighted by Gasteiger charge is 2.30. The highest BCUT2D eigenvalue weighted by atomic mass is 16.2. The van der Waals surface area contributed by atoms with E-state index in [0.29, 0.717) is 29.4 Å². The van der Waals surface area contributed by atoms with E-state index >= 15 is 0 Å². The van der Waals surface area contributed by atoms with E-state index in [2.05, 4.69) is 36.9 Å². The van der Waals surface area contributed by atoms with E-state index in [0.717, 1.165) is 48.1 Å². The standard InChI is InChI=1S/C34H33N9O2/c1-42-22-25(9-16-31(42)44)24-7-12-28(13-8-24)43(34(45)37-20-23-5-3-2-4-6-23)29-14-10-27(11-15-29)39-33-36-21-26(19-35)32(40-33)30-17-18-38-41-30/h2-9,12-13,16-18,21-22,27,29H,10-11,14-15,20H2,1H3,(H,37,45)(H,38,41)(H,36,39,40)/t27-,29-. The van der Waals surface area contributed by atoms with Gasteiger partial charge in [-0.2, -0.15) is 10.4 Å². The van der Waals surface area contributed by atoms with Crippen LogP contribution in [0.25, 0.3) is 22.5 Å². The first kappa shape index (κ1) is 29.3. The molecule has 0 bridgehead atoms. The minimum absolute atomic E-state index is 0.00958. The molecule has 0 saturated heterocycles. The van der Waals surface area contributed by atoms with Gasteiger partial charge in [0.2, 0.25) is 11.5 Å². The summed E-state index contributed by atoms with van der Waals surface area (Å²) in [6.07, 6.45) is 8.14. The molecule has 3 heterocycles. The first-order chi connectivity index (χ1) is 22.0. The van der Waals surface area contributed by atoms with Gasteiger partial charge in [0.15, 0.2) is 0 Å². The minimum Gasteiger partial charge on any atom is -0.351 e. The van der Waals surface area contributed by atoms with Crippen LogP contribution in [0.2, 0.25) is 0 Å². The Labute approximate surface area is 260 Å². The topological polar surface area (TPSA) is 145 Å². The van der Waals surface area contributed by atoms with Crippen LogP contribution < -0.4 is 21.1 Å². The van der Waals surface area contributed by atoms with E-state index in [1.165, 1.54) is 6.20 Å². The second-order valence-electron chi connectivity index (χ2n) is 11.1. The van der Waals surface area contributed by atoms with Gasteiger partial charge in [-0.15, -0.1) is 0 Å². The zero-order valence-electron chi connectivity index (χ0n) is 24.9. The van der Waals surface area contributed by atoms with Crippen molar-refractivity contribution >= 4 is 17.7 Å². The van der Waals surface area contributed by atoms with Crippen molar-refractivity contribution in [2.45, 2.75) is 44.3 Å². The molecule has 3 aromatic heterocycles. The van der Waals surface area contributed by atoms with Crippen LogP contribution in [-0.4, -0.2) is 42.8 Å². The van der Waals surface area contributed by atoms with Gasteiger partial charge in [0.1, 0.15) is 11.8 Å². The SMILES string of the molecule is Cn1cc(-c2ccc(N(C(=O)NCc3ccccc3)[C@H]3CC[C@H](Nc4ncc(C#N)c(-c5ccn[nH]5)n4)CC3)cc2)ccc1=O. The van der Waals surface area contributed by atoms with Crippen LogP contribution in [0.4, 0.5) is 16.4 Å². The Hall–Kier alpha value is -5.76. The predicted molar refractivity (Wildman–Crippen MR) is 172 cm³/mol. The molecule has 1 aliphatic rings. The molecule has 2 aromatic carbocycles. The molecule has 226 valence electrons. The molecule has 1 saturated carbocycles. The highest BCUT2D eigenvalue weighted by Crippen LogP contribution is 2.31. The number of nitrogens with zero attached hydrogens (tertiary/aromatic N) is 6. The molecule has 6 rings (SSSR count). The lowest BCUT2D eigenvalue weighted by Gasteiger charge is -2.37. The van der Waals surface area contributed by atoms with E-state index in [9.17, 15) is 14.9 Å². The largest absolute Gasteiger partial charge is 0.351 e. The van der Waals surface area contributed by atoms with Crippen molar-refractivity contribution in [2.75, 3.05) is 10.2 Å². The highest BCUT2D eigenvalue weighted by molar-refractivity contribution is 5.93. The number of rotatable bonds is 8.